The molecule has 0 aromatic carbocycles. The zero-order chi connectivity index (χ0) is 11.9. The highest BCUT2D eigenvalue weighted by Crippen LogP contribution is 2.32. The maximum atomic E-state index is 5.86. The molecule has 1 aliphatic heterocycles. The van der Waals surface area contributed by atoms with Crippen molar-refractivity contribution in [1.29, 1.82) is 0 Å². The van der Waals surface area contributed by atoms with Gasteiger partial charge in [0.15, 0.2) is 0 Å². The highest BCUT2D eigenvalue weighted by atomic mass is 16.5. The number of ether oxygens (including phenoxy) is 2. The number of rotatable bonds is 4. The summed E-state index contributed by atoms with van der Waals surface area (Å²) in [5, 5.41) is 0. The topological polar surface area (TPSA) is 18.5 Å². The number of hydrogen-bond acceptors (Lipinski definition) is 2. The quantitative estimate of drug-likeness (QED) is 0.729. The summed E-state index contributed by atoms with van der Waals surface area (Å²) in [4.78, 5) is 0. The molecule has 1 heterocycles. The summed E-state index contributed by atoms with van der Waals surface area (Å²) in [7, 11) is 0. The van der Waals surface area contributed by atoms with E-state index in [-0.39, 0.29) is 6.10 Å². The third-order valence-electron chi connectivity index (χ3n) is 3.11. The fraction of sp³-hybridized carbons (Fsp3) is 0.714. The first-order valence-corrected chi connectivity index (χ1v) is 6.37. The second kappa shape index (κ2) is 6.87. The second-order valence-electron chi connectivity index (χ2n) is 4.24. The lowest BCUT2D eigenvalue weighted by atomic mass is 9.84. The van der Waals surface area contributed by atoms with Crippen LogP contribution >= 0.6 is 0 Å². The van der Waals surface area contributed by atoms with E-state index < -0.39 is 0 Å². The molecule has 0 N–H and O–H groups in total. The summed E-state index contributed by atoms with van der Waals surface area (Å²) >= 11 is 0. The van der Waals surface area contributed by atoms with E-state index in [2.05, 4.69) is 31.2 Å². The van der Waals surface area contributed by atoms with Crippen LogP contribution in [0, 0.1) is 5.41 Å². The molecule has 0 bridgehead atoms. The Hall–Kier alpha value is -0.600. The van der Waals surface area contributed by atoms with Crippen LogP contribution in [0.2, 0.25) is 0 Å². The van der Waals surface area contributed by atoms with Gasteiger partial charge in [0.25, 0.3) is 0 Å². The van der Waals surface area contributed by atoms with E-state index in [1.54, 1.807) is 0 Å². The Morgan fingerprint density at radius 2 is 2.06 bits per heavy atom. The van der Waals surface area contributed by atoms with Crippen LogP contribution in [0.5, 0.6) is 0 Å². The highest BCUT2D eigenvalue weighted by molar-refractivity contribution is 5.11. The monoisotopic (exact) mass is 224 g/mol. The van der Waals surface area contributed by atoms with Crippen LogP contribution in [0.15, 0.2) is 24.3 Å². The molecule has 1 atom stereocenters. The average molecular weight is 224 g/mol. The van der Waals surface area contributed by atoms with Gasteiger partial charge in [0.1, 0.15) is 0 Å². The Balaban J connectivity index is 0.000000606. The predicted octanol–water partition coefficient (Wildman–Crippen LogP) is 3.34. The zero-order valence-corrected chi connectivity index (χ0v) is 10.7. The van der Waals surface area contributed by atoms with Crippen LogP contribution in [-0.4, -0.2) is 25.9 Å². The van der Waals surface area contributed by atoms with Crippen molar-refractivity contribution in [2.45, 2.75) is 39.7 Å². The minimum Gasteiger partial charge on any atom is -0.380 e. The Morgan fingerprint density at radius 1 is 1.31 bits per heavy atom. The summed E-state index contributed by atoms with van der Waals surface area (Å²) in [5.74, 6) is 0. The van der Waals surface area contributed by atoms with E-state index in [0.29, 0.717) is 5.41 Å². The van der Waals surface area contributed by atoms with Crippen molar-refractivity contribution < 1.29 is 9.47 Å². The minimum absolute atomic E-state index is 0.282. The Kier molecular flexibility index (Phi) is 5.78. The van der Waals surface area contributed by atoms with Crippen LogP contribution in [-0.2, 0) is 9.47 Å². The number of hydrogen-bond donors (Lipinski definition) is 0. The van der Waals surface area contributed by atoms with Gasteiger partial charge in [-0.3, -0.25) is 0 Å². The molecule has 0 spiro atoms. The summed E-state index contributed by atoms with van der Waals surface area (Å²) in [5.41, 5.74) is 0.314. The fourth-order valence-corrected chi connectivity index (χ4v) is 1.75. The molecule has 2 nitrogen and oxygen atoms in total. The van der Waals surface area contributed by atoms with Crippen LogP contribution in [0.25, 0.3) is 0 Å². The van der Waals surface area contributed by atoms with Gasteiger partial charge in [-0.05, 0) is 12.8 Å². The smallest absolute Gasteiger partial charge is 0.0793 e. The first kappa shape index (κ1) is 13.5. The van der Waals surface area contributed by atoms with E-state index in [0.717, 1.165) is 32.7 Å². The molecule has 1 fully saturated rings. The van der Waals surface area contributed by atoms with E-state index in [1.807, 2.05) is 13.8 Å². The molecule has 0 saturated carbocycles. The van der Waals surface area contributed by atoms with E-state index >= 15 is 0 Å². The van der Waals surface area contributed by atoms with Crippen molar-refractivity contribution in [3.8, 4) is 0 Å². The van der Waals surface area contributed by atoms with Crippen molar-refractivity contribution in [3.63, 3.8) is 0 Å². The summed E-state index contributed by atoms with van der Waals surface area (Å²) in [6, 6.07) is 0. The van der Waals surface area contributed by atoms with Crippen LogP contribution in [0.3, 0.4) is 0 Å². The van der Waals surface area contributed by atoms with Gasteiger partial charge >= 0.3 is 0 Å². The van der Waals surface area contributed by atoms with Gasteiger partial charge in [0, 0.05) is 5.41 Å². The van der Waals surface area contributed by atoms with Gasteiger partial charge in [0.05, 0.1) is 25.9 Å². The van der Waals surface area contributed by atoms with E-state index in [4.69, 9.17) is 9.47 Å². The molecule has 2 heteroatoms. The zero-order valence-electron chi connectivity index (χ0n) is 10.7. The molecule has 16 heavy (non-hydrogen) atoms. The normalized spacial score (nSPS) is 25.6. The van der Waals surface area contributed by atoms with Crippen LogP contribution in [0.1, 0.15) is 33.6 Å². The molecule has 1 unspecified atom stereocenters. The van der Waals surface area contributed by atoms with Crippen LogP contribution < -0.4 is 0 Å². The molecule has 0 aromatic rings. The Morgan fingerprint density at radius 3 is 2.50 bits per heavy atom. The molecule has 0 aromatic heterocycles. The minimum atomic E-state index is 0.282. The maximum Gasteiger partial charge on any atom is 0.0793 e. The van der Waals surface area contributed by atoms with Gasteiger partial charge in [-0.2, -0.15) is 0 Å². The molecule has 0 amide bonds. The lowest BCUT2D eigenvalue weighted by molar-refractivity contribution is -0.156. The summed E-state index contributed by atoms with van der Waals surface area (Å²) < 4.78 is 11.1. The third kappa shape index (κ3) is 3.46. The number of allylic oxidation sites excluding steroid dienone is 2. The lowest BCUT2D eigenvalue weighted by Gasteiger charge is -2.41. The van der Waals surface area contributed by atoms with Gasteiger partial charge in [-0.1, -0.05) is 45.1 Å². The molecular weight excluding hydrogens is 200 g/mol. The first-order valence-electron chi connectivity index (χ1n) is 6.37. The molecule has 0 radical (unpaired) electrons. The first-order chi connectivity index (χ1) is 7.85. The second-order valence-corrected chi connectivity index (χ2v) is 4.24. The molecular formula is C14H24O2. The standard InChI is InChI=1S/C12H18O2.C2H6/c1-2-12(8-13-9-12)10-14-11-6-4-3-5-7-11;1-2/h3-6,11H,2,7-10H2,1H3;1-2H3. The van der Waals surface area contributed by atoms with Crippen molar-refractivity contribution in [2.24, 2.45) is 5.41 Å². The Labute approximate surface area is 99.3 Å². The molecule has 2 aliphatic rings. The third-order valence-corrected chi connectivity index (χ3v) is 3.11. The maximum absolute atomic E-state index is 5.86. The van der Waals surface area contributed by atoms with Crippen molar-refractivity contribution >= 4 is 0 Å². The van der Waals surface area contributed by atoms with Crippen LogP contribution in [0.4, 0.5) is 0 Å². The average Bonchev–Trinajstić information content (AvgIpc) is 2.32. The van der Waals surface area contributed by atoms with Crippen molar-refractivity contribution in [2.75, 3.05) is 19.8 Å². The van der Waals surface area contributed by atoms with Crippen molar-refractivity contribution in [3.05, 3.63) is 24.3 Å². The Bertz CT molecular complexity index is 234. The summed E-state index contributed by atoms with van der Waals surface area (Å²) in [6.07, 6.45) is 10.9. The molecule has 1 aliphatic carbocycles. The van der Waals surface area contributed by atoms with Gasteiger partial charge in [-0.15, -0.1) is 0 Å². The van der Waals surface area contributed by atoms with Gasteiger partial charge in [0.2, 0.25) is 0 Å². The fourth-order valence-electron chi connectivity index (χ4n) is 1.75. The lowest BCUT2D eigenvalue weighted by Crippen LogP contribution is -2.46. The van der Waals surface area contributed by atoms with E-state index in [1.165, 1.54) is 0 Å². The van der Waals surface area contributed by atoms with Gasteiger partial charge in [-0.25, -0.2) is 0 Å². The highest BCUT2D eigenvalue weighted by Gasteiger charge is 2.37. The predicted molar refractivity (Wildman–Crippen MR) is 67.5 cm³/mol. The van der Waals surface area contributed by atoms with Crippen molar-refractivity contribution in [1.82, 2.24) is 0 Å². The molecule has 1 saturated heterocycles. The largest absolute Gasteiger partial charge is 0.380 e. The summed E-state index contributed by atoms with van der Waals surface area (Å²) in [6.45, 7) is 8.79. The molecule has 92 valence electrons. The van der Waals surface area contributed by atoms with Gasteiger partial charge < -0.3 is 9.47 Å². The SMILES string of the molecule is CC.CCC1(COC2C=CC=CC2)COC1. The van der Waals surface area contributed by atoms with E-state index in [9.17, 15) is 0 Å². The molecule has 2 rings (SSSR count).